The lowest BCUT2D eigenvalue weighted by atomic mass is 9.87. The number of nitrogens with zero attached hydrogens (tertiary/aromatic N) is 2. The number of likely N-dealkylation sites (tertiary alicyclic amines) is 2. The molecule has 0 aromatic heterocycles. The Morgan fingerprint density at radius 2 is 2.05 bits per heavy atom. The summed E-state index contributed by atoms with van der Waals surface area (Å²) in [5.74, 6) is -0.174. The molecule has 2 fully saturated rings. The van der Waals surface area contributed by atoms with Crippen molar-refractivity contribution >= 4 is 0 Å². The minimum Gasteiger partial charge on any atom is -0.388 e. The predicted molar refractivity (Wildman–Crippen MR) is 81.5 cm³/mol. The van der Waals surface area contributed by atoms with Crippen LogP contribution in [0.1, 0.15) is 31.7 Å². The number of piperidine rings is 1. The van der Waals surface area contributed by atoms with Gasteiger partial charge in [-0.25, -0.2) is 4.39 Å². The summed E-state index contributed by atoms with van der Waals surface area (Å²) in [4.78, 5) is 4.77. The highest BCUT2D eigenvalue weighted by molar-refractivity contribution is 5.16. The Labute approximate surface area is 126 Å². The Balaban J connectivity index is 1.68. The summed E-state index contributed by atoms with van der Waals surface area (Å²) in [7, 11) is 0. The second-order valence-electron chi connectivity index (χ2n) is 6.73. The van der Waals surface area contributed by atoms with Gasteiger partial charge in [0, 0.05) is 19.6 Å². The van der Waals surface area contributed by atoms with E-state index in [2.05, 4.69) is 9.80 Å². The highest BCUT2D eigenvalue weighted by Gasteiger charge is 2.41. The van der Waals surface area contributed by atoms with Crippen LogP contribution in [0.5, 0.6) is 0 Å². The molecule has 0 saturated carbocycles. The Morgan fingerprint density at radius 1 is 1.29 bits per heavy atom. The first-order valence-corrected chi connectivity index (χ1v) is 7.98. The average molecular weight is 292 g/mol. The third kappa shape index (κ3) is 3.44. The lowest BCUT2D eigenvalue weighted by Crippen LogP contribution is -2.60. The molecule has 21 heavy (non-hydrogen) atoms. The summed E-state index contributed by atoms with van der Waals surface area (Å²) < 4.78 is 13.3. The molecular weight excluding hydrogens is 267 g/mol. The fourth-order valence-corrected chi connectivity index (χ4v) is 3.68. The van der Waals surface area contributed by atoms with Gasteiger partial charge < -0.3 is 5.11 Å². The largest absolute Gasteiger partial charge is 0.388 e. The minimum absolute atomic E-state index is 0.174. The van der Waals surface area contributed by atoms with Crippen molar-refractivity contribution in [3.63, 3.8) is 0 Å². The van der Waals surface area contributed by atoms with Gasteiger partial charge in [0.05, 0.1) is 11.6 Å². The molecule has 0 bridgehead atoms. The summed E-state index contributed by atoms with van der Waals surface area (Å²) >= 11 is 0. The van der Waals surface area contributed by atoms with Crippen molar-refractivity contribution in [2.45, 2.75) is 44.4 Å². The Bertz CT molecular complexity index is 485. The zero-order valence-electron chi connectivity index (χ0n) is 12.8. The van der Waals surface area contributed by atoms with Gasteiger partial charge in [-0.05, 0) is 57.0 Å². The fraction of sp³-hybridized carbons (Fsp3) is 0.647. The lowest BCUT2D eigenvalue weighted by molar-refractivity contribution is -0.0776. The molecule has 0 aliphatic carbocycles. The van der Waals surface area contributed by atoms with Crippen LogP contribution in [0.3, 0.4) is 0 Å². The zero-order chi connectivity index (χ0) is 14.9. The van der Waals surface area contributed by atoms with Crippen LogP contribution in [0.25, 0.3) is 0 Å². The first kappa shape index (κ1) is 14.9. The van der Waals surface area contributed by atoms with Crippen molar-refractivity contribution in [1.82, 2.24) is 9.80 Å². The molecular formula is C17H25FN2O. The maximum atomic E-state index is 13.3. The van der Waals surface area contributed by atoms with E-state index in [-0.39, 0.29) is 11.9 Å². The van der Waals surface area contributed by atoms with E-state index in [0.29, 0.717) is 0 Å². The minimum atomic E-state index is -0.608. The first-order valence-electron chi connectivity index (χ1n) is 7.98. The van der Waals surface area contributed by atoms with E-state index in [9.17, 15) is 9.50 Å². The Kier molecular flexibility index (Phi) is 4.29. The molecule has 2 atom stereocenters. The molecule has 0 spiro atoms. The highest BCUT2D eigenvalue weighted by atomic mass is 19.1. The summed E-state index contributed by atoms with van der Waals surface area (Å²) in [5.41, 5.74) is 0.402. The van der Waals surface area contributed by atoms with Gasteiger partial charge >= 0.3 is 0 Å². The van der Waals surface area contributed by atoms with Gasteiger partial charge in [0.15, 0.2) is 0 Å². The Morgan fingerprint density at radius 3 is 2.76 bits per heavy atom. The van der Waals surface area contributed by atoms with Crippen molar-refractivity contribution < 1.29 is 9.50 Å². The molecule has 3 rings (SSSR count). The molecule has 0 radical (unpaired) electrons. The van der Waals surface area contributed by atoms with E-state index in [1.54, 1.807) is 12.1 Å². The Hall–Kier alpha value is -0.970. The smallest absolute Gasteiger partial charge is 0.123 e. The summed E-state index contributed by atoms with van der Waals surface area (Å²) in [6, 6.07) is 7.03. The third-order valence-electron chi connectivity index (χ3n) is 4.96. The maximum absolute atomic E-state index is 13.3. The quantitative estimate of drug-likeness (QED) is 0.925. The van der Waals surface area contributed by atoms with Crippen molar-refractivity contribution in [3.05, 3.63) is 35.6 Å². The van der Waals surface area contributed by atoms with Gasteiger partial charge in [0.1, 0.15) is 5.82 Å². The van der Waals surface area contributed by atoms with Crippen LogP contribution in [0.2, 0.25) is 0 Å². The molecule has 2 saturated heterocycles. The fourth-order valence-electron chi connectivity index (χ4n) is 3.68. The molecule has 4 heteroatoms. The number of halogens is 1. The first-order chi connectivity index (χ1) is 10.0. The van der Waals surface area contributed by atoms with E-state index in [4.69, 9.17) is 0 Å². The van der Waals surface area contributed by atoms with Crippen LogP contribution in [0.15, 0.2) is 24.3 Å². The topological polar surface area (TPSA) is 26.7 Å². The van der Waals surface area contributed by atoms with Gasteiger partial charge in [-0.15, -0.1) is 0 Å². The molecule has 1 aromatic rings. The molecule has 3 nitrogen and oxygen atoms in total. The standard InChI is InChI=1S/C17H25FN2O/c1-17(21)7-10-19(12-14-5-4-6-15(18)11-14)13-16(17)20-8-2-3-9-20/h4-6,11,16,21H,2-3,7-10,12-13H2,1H3/t16-,17-/m1/s1. The van der Waals surface area contributed by atoms with Crippen LogP contribution in [0.4, 0.5) is 4.39 Å². The van der Waals surface area contributed by atoms with Gasteiger partial charge in [0.2, 0.25) is 0 Å². The van der Waals surface area contributed by atoms with E-state index in [1.807, 2.05) is 13.0 Å². The number of hydrogen-bond donors (Lipinski definition) is 1. The third-order valence-corrected chi connectivity index (χ3v) is 4.96. The SMILES string of the molecule is C[C@@]1(O)CCN(Cc2cccc(F)c2)C[C@H]1N1CCCC1. The summed E-state index contributed by atoms with van der Waals surface area (Å²) in [6.07, 6.45) is 3.25. The molecule has 0 unspecified atom stereocenters. The second kappa shape index (κ2) is 6.03. The van der Waals surface area contributed by atoms with Gasteiger partial charge in [-0.1, -0.05) is 12.1 Å². The summed E-state index contributed by atoms with van der Waals surface area (Å²) in [5, 5.41) is 10.7. The number of aliphatic hydroxyl groups is 1. The molecule has 2 aliphatic heterocycles. The van der Waals surface area contributed by atoms with Crippen LogP contribution < -0.4 is 0 Å². The van der Waals surface area contributed by atoms with E-state index in [1.165, 1.54) is 18.9 Å². The van der Waals surface area contributed by atoms with Crippen molar-refractivity contribution in [2.75, 3.05) is 26.2 Å². The van der Waals surface area contributed by atoms with Crippen LogP contribution in [-0.2, 0) is 6.54 Å². The summed E-state index contributed by atoms with van der Waals surface area (Å²) in [6.45, 7) is 6.65. The highest BCUT2D eigenvalue weighted by Crippen LogP contribution is 2.29. The van der Waals surface area contributed by atoms with E-state index >= 15 is 0 Å². The molecule has 1 aromatic carbocycles. The van der Waals surface area contributed by atoms with Crippen molar-refractivity contribution in [1.29, 1.82) is 0 Å². The second-order valence-corrected chi connectivity index (χ2v) is 6.73. The van der Waals surface area contributed by atoms with Crippen LogP contribution >= 0.6 is 0 Å². The number of benzene rings is 1. The lowest BCUT2D eigenvalue weighted by Gasteiger charge is -2.46. The van der Waals surface area contributed by atoms with E-state index < -0.39 is 5.60 Å². The maximum Gasteiger partial charge on any atom is 0.123 e. The molecule has 2 aliphatic rings. The monoisotopic (exact) mass is 292 g/mol. The molecule has 0 amide bonds. The average Bonchev–Trinajstić information content (AvgIpc) is 2.94. The van der Waals surface area contributed by atoms with Crippen LogP contribution in [-0.4, -0.2) is 52.7 Å². The van der Waals surface area contributed by atoms with E-state index in [0.717, 1.165) is 44.7 Å². The normalized spacial score (nSPS) is 31.7. The molecule has 1 N–H and O–H groups in total. The number of rotatable bonds is 3. The van der Waals surface area contributed by atoms with Gasteiger partial charge in [0.25, 0.3) is 0 Å². The van der Waals surface area contributed by atoms with Crippen molar-refractivity contribution in [3.8, 4) is 0 Å². The molecule has 2 heterocycles. The predicted octanol–water partition coefficient (Wildman–Crippen LogP) is 2.25. The van der Waals surface area contributed by atoms with Crippen molar-refractivity contribution in [2.24, 2.45) is 0 Å². The zero-order valence-corrected chi connectivity index (χ0v) is 12.8. The van der Waals surface area contributed by atoms with Gasteiger partial charge in [-0.3, -0.25) is 9.80 Å². The number of hydrogen-bond acceptors (Lipinski definition) is 3. The van der Waals surface area contributed by atoms with Crippen LogP contribution in [0, 0.1) is 5.82 Å². The van der Waals surface area contributed by atoms with Gasteiger partial charge in [-0.2, -0.15) is 0 Å². The molecule has 116 valence electrons.